The Morgan fingerprint density at radius 3 is 2.50 bits per heavy atom. The number of rotatable bonds is 8. The molecule has 1 amide bonds. The van der Waals surface area contributed by atoms with Gasteiger partial charge >= 0.3 is 0 Å². The van der Waals surface area contributed by atoms with E-state index < -0.39 is 0 Å². The Balaban J connectivity index is 1.59. The Kier molecular flexibility index (Phi) is 6.75. The second-order valence-electron chi connectivity index (χ2n) is 7.60. The standard InChI is InChI=1S/C25H26N4O2S/c1-4-17(2)20-13-8-9-14-21(20)26-24(30)18(3)32-25-28-27-23(22-15-10-16-31-22)29(25)19-11-6-5-7-12-19/h5-18H,4H2,1-3H3,(H,26,30). The van der Waals surface area contributed by atoms with Gasteiger partial charge in [-0.05, 0) is 55.2 Å². The maximum absolute atomic E-state index is 13.1. The van der Waals surface area contributed by atoms with Crippen molar-refractivity contribution in [2.45, 2.75) is 43.5 Å². The van der Waals surface area contributed by atoms with Crippen LogP contribution in [0.15, 0.2) is 82.6 Å². The second-order valence-corrected chi connectivity index (χ2v) is 8.91. The molecule has 0 bridgehead atoms. The monoisotopic (exact) mass is 446 g/mol. The molecule has 2 unspecified atom stereocenters. The van der Waals surface area contributed by atoms with Crippen molar-refractivity contribution in [1.29, 1.82) is 0 Å². The highest BCUT2D eigenvalue weighted by molar-refractivity contribution is 8.00. The summed E-state index contributed by atoms with van der Waals surface area (Å²) < 4.78 is 7.48. The molecular weight excluding hydrogens is 420 g/mol. The molecule has 2 atom stereocenters. The predicted molar refractivity (Wildman–Crippen MR) is 128 cm³/mol. The highest BCUT2D eigenvalue weighted by atomic mass is 32.2. The minimum atomic E-state index is -0.379. The van der Waals surface area contributed by atoms with E-state index in [0.29, 0.717) is 22.7 Å². The van der Waals surface area contributed by atoms with Crippen molar-refractivity contribution in [2.75, 3.05) is 5.32 Å². The Morgan fingerprint density at radius 2 is 1.78 bits per heavy atom. The molecule has 2 aromatic heterocycles. The third-order valence-electron chi connectivity index (χ3n) is 5.40. The van der Waals surface area contributed by atoms with Gasteiger partial charge in [0, 0.05) is 11.4 Å². The zero-order valence-corrected chi connectivity index (χ0v) is 19.2. The third kappa shape index (κ3) is 4.62. The number of anilines is 1. The Bertz CT molecular complexity index is 1170. The van der Waals surface area contributed by atoms with Crippen LogP contribution in [0, 0.1) is 0 Å². The molecule has 7 heteroatoms. The molecule has 0 radical (unpaired) electrons. The number of thioether (sulfide) groups is 1. The Morgan fingerprint density at radius 1 is 1.03 bits per heavy atom. The molecule has 32 heavy (non-hydrogen) atoms. The summed E-state index contributed by atoms with van der Waals surface area (Å²) in [6.07, 6.45) is 2.61. The zero-order chi connectivity index (χ0) is 22.5. The summed E-state index contributed by atoms with van der Waals surface area (Å²) in [6, 6.07) is 21.5. The molecule has 1 N–H and O–H groups in total. The SMILES string of the molecule is CCC(C)c1ccccc1NC(=O)C(C)Sc1nnc(-c2ccco2)n1-c1ccccc1. The van der Waals surface area contributed by atoms with Gasteiger partial charge in [-0.1, -0.05) is 62.0 Å². The van der Waals surface area contributed by atoms with E-state index in [4.69, 9.17) is 4.42 Å². The quantitative estimate of drug-likeness (QED) is 0.328. The minimum Gasteiger partial charge on any atom is -0.461 e. The number of para-hydroxylation sites is 2. The van der Waals surface area contributed by atoms with E-state index in [9.17, 15) is 4.79 Å². The van der Waals surface area contributed by atoms with Gasteiger partial charge in [0.05, 0.1) is 11.5 Å². The van der Waals surface area contributed by atoms with Gasteiger partial charge in [0.2, 0.25) is 11.7 Å². The largest absolute Gasteiger partial charge is 0.461 e. The first-order valence-corrected chi connectivity index (χ1v) is 11.6. The van der Waals surface area contributed by atoms with Gasteiger partial charge in [-0.2, -0.15) is 0 Å². The summed E-state index contributed by atoms with van der Waals surface area (Å²) in [7, 11) is 0. The van der Waals surface area contributed by atoms with Crippen LogP contribution in [-0.2, 0) is 4.79 Å². The van der Waals surface area contributed by atoms with Crippen molar-refractivity contribution in [3.63, 3.8) is 0 Å². The van der Waals surface area contributed by atoms with Gasteiger partial charge < -0.3 is 9.73 Å². The number of furan rings is 1. The van der Waals surface area contributed by atoms with Crippen molar-refractivity contribution in [3.05, 3.63) is 78.6 Å². The van der Waals surface area contributed by atoms with Crippen LogP contribution in [0.3, 0.4) is 0 Å². The van der Waals surface area contributed by atoms with Crippen molar-refractivity contribution in [3.8, 4) is 17.3 Å². The molecule has 0 saturated carbocycles. The van der Waals surface area contributed by atoms with E-state index in [1.165, 1.54) is 11.8 Å². The van der Waals surface area contributed by atoms with Crippen LogP contribution in [0.2, 0.25) is 0 Å². The summed E-state index contributed by atoms with van der Waals surface area (Å²) >= 11 is 1.37. The first kappa shape index (κ1) is 21.9. The van der Waals surface area contributed by atoms with E-state index in [1.807, 2.05) is 72.2 Å². The molecule has 4 aromatic rings. The maximum Gasteiger partial charge on any atom is 0.237 e. The number of nitrogens with zero attached hydrogens (tertiary/aromatic N) is 3. The summed E-state index contributed by atoms with van der Waals surface area (Å²) in [5.74, 6) is 1.51. The van der Waals surface area contributed by atoms with Crippen molar-refractivity contribution < 1.29 is 9.21 Å². The molecule has 0 spiro atoms. The predicted octanol–water partition coefficient (Wildman–Crippen LogP) is 6.16. The lowest BCUT2D eigenvalue weighted by Gasteiger charge is -2.18. The summed E-state index contributed by atoms with van der Waals surface area (Å²) in [6.45, 7) is 6.19. The third-order valence-corrected chi connectivity index (χ3v) is 6.45. The lowest BCUT2D eigenvalue weighted by molar-refractivity contribution is -0.115. The van der Waals surface area contributed by atoms with Crippen LogP contribution in [0.5, 0.6) is 0 Å². The van der Waals surface area contributed by atoms with Crippen molar-refractivity contribution in [2.24, 2.45) is 0 Å². The molecule has 0 aliphatic heterocycles. The summed E-state index contributed by atoms with van der Waals surface area (Å²) in [4.78, 5) is 13.1. The minimum absolute atomic E-state index is 0.0760. The molecule has 0 saturated heterocycles. The van der Waals surface area contributed by atoms with E-state index >= 15 is 0 Å². The van der Waals surface area contributed by atoms with Crippen LogP contribution in [0.1, 0.15) is 38.7 Å². The normalized spacial score (nSPS) is 13.0. The number of carbonyl (C=O) groups is 1. The number of hydrogen-bond acceptors (Lipinski definition) is 5. The molecule has 164 valence electrons. The fourth-order valence-corrected chi connectivity index (χ4v) is 4.30. The van der Waals surface area contributed by atoms with Crippen LogP contribution < -0.4 is 5.32 Å². The molecule has 0 aliphatic carbocycles. The van der Waals surface area contributed by atoms with Crippen LogP contribution in [-0.4, -0.2) is 25.9 Å². The van der Waals surface area contributed by atoms with Gasteiger partial charge in [0.1, 0.15) is 0 Å². The van der Waals surface area contributed by atoms with Gasteiger partial charge in [-0.15, -0.1) is 10.2 Å². The van der Waals surface area contributed by atoms with E-state index in [2.05, 4.69) is 35.4 Å². The number of nitrogens with one attached hydrogen (secondary N) is 1. The smallest absolute Gasteiger partial charge is 0.237 e. The lowest BCUT2D eigenvalue weighted by atomic mass is 9.97. The van der Waals surface area contributed by atoms with Crippen LogP contribution in [0.25, 0.3) is 17.3 Å². The van der Waals surface area contributed by atoms with Crippen LogP contribution >= 0.6 is 11.8 Å². The van der Waals surface area contributed by atoms with E-state index in [1.54, 1.807) is 6.26 Å². The number of aromatic nitrogens is 3. The average molecular weight is 447 g/mol. The van der Waals surface area contributed by atoms with E-state index in [-0.39, 0.29) is 11.2 Å². The number of amides is 1. The first-order chi connectivity index (χ1) is 15.6. The number of carbonyl (C=O) groups excluding carboxylic acids is 1. The Labute approximate surface area is 192 Å². The molecule has 0 fully saturated rings. The van der Waals surface area contributed by atoms with Crippen molar-refractivity contribution >= 4 is 23.4 Å². The highest BCUT2D eigenvalue weighted by Crippen LogP contribution is 2.32. The fraction of sp³-hybridized carbons (Fsp3) is 0.240. The number of hydrogen-bond donors (Lipinski definition) is 1. The number of benzene rings is 2. The maximum atomic E-state index is 13.1. The fourth-order valence-electron chi connectivity index (χ4n) is 3.43. The molecule has 2 heterocycles. The lowest BCUT2D eigenvalue weighted by Crippen LogP contribution is -2.23. The van der Waals surface area contributed by atoms with Crippen molar-refractivity contribution in [1.82, 2.24) is 14.8 Å². The highest BCUT2D eigenvalue weighted by Gasteiger charge is 2.23. The second kappa shape index (κ2) is 9.87. The molecule has 0 aliphatic rings. The van der Waals surface area contributed by atoms with Gasteiger partial charge in [-0.3, -0.25) is 9.36 Å². The first-order valence-electron chi connectivity index (χ1n) is 10.7. The average Bonchev–Trinajstić information content (AvgIpc) is 3.49. The molecular formula is C25H26N4O2S. The Hall–Kier alpha value is -3.32. The van der Waals surface area contributed by atoms with Gasteiger partial charge in [0.25, 0.3) is 0 Å². The topological polar surface area (TPSA) is 73.0 Å². The van der Waals surface area contributed by atoms with Gasteiger partial charge in [-0.25, -0.2) is 0 Å². The van der Waals surface area contributed by atoms with Gasteiger partial charge in [0.15, 0.2) is 10.9 Å². The zero-order valence-electron chi connectivity index (χ0n) is 18.4. The molecule has 6 nitrogen and oxygen atoms in total. The summed E-state index contributed by atoms with van der Waals surface area (Å²) in [5.41, 5.74) is 2.91. The molecule has 4 rings (SSSR count). The summed E-state index contributed by atoms with van der Waals surface area (Å²) in [5, 5.41) is 12.1. The van der Waals surface area contributed by atoms with E-state index in [0.717, 1.165) is 23.4 Å². The molecule has 2 aromatic carbocycles. The van der Waals surface area contributed by atoms with Crippen LogP contribution in [0.4, 0.5) is 5.69 Å².